The van der Waals surface area contributed by atoms with Crippen LogP contribution in [0.15, 0.2) is 0 Å². The summed E-state index contributed by atoms with van der Waals surface area (Å²) in [5.74, 6) is 0. The molecule has 6 fully saturated rings. The van der Waals surface area contributed by atoms with E-state index in [4.69, 9.17) is 70.8 Å². The first-order valence-electron chi connectivity index (χ1n) is 19.7. The summed E-state index contributed by atoms with van der Waals surface area (Å²) in [5, 5.41) is 101. The Morgan fingerprint density at radius 1 is 0.293 bits per heavy atom. The molecule has 0 aromatic heterocycles. The molecule has 12 N–H and O–H groups in total. The van der Waals surface area contributed by atoms with E-state index in [-0.39, 0.29) is 142 Å². The quantitative estimate of drug-likeness (QED) is 0.123. The maximum absolute atomic E-state index is 8.56. The van der Waals surface area contributed by atoms with Crippen LogP contribution < -0.4 is 0 Å². The average molecular weight is 965 g/mol. The first kappa shape index (κ1) is 76.8. The molecule has 8 radical (unpaired) electrons. The first-order chi connectivity index (χ1) is 24.2. The van der Waals surface area contributed by atoms with Gasteiger partial charge in [0.15, 0.2) is 0 Å². The van der Waals surface area contributed by atoms with Crippen molar-refractivity contribution in [1.82, 2.24) is 0 Å². The smallest absolute Gasteiger partial charge is 0.104 e. The third-order valence-electron chi connectivity index (χ3n) is 6.87. The predicted octanol–water partition coefficient (Wildman–Crippen LogP) is 1.94. The molecule has 2 aliphatic heterocycles. The van der Waals surface area contributed by atoms with E-state index in [9.17, 15) is 0 Å². The van der Waals surface area contributed by atoms with Crippen molar-refractivity contribution < 1.29 is 104 Å². The van der Waals surface area contributed by atoms with Gasteiger partial charge in [-0.3, -0.25) is 0 Å². The van der Waals surface area contributed by atoms with Gasteiger partial charge in [0, 0.05) is 118 Å². The van der Waals surface area contributed by atoms with Gasteiger partial charge in [0.25, 0.3) is 0 Å². The summed E-state index contributed by atoms with van der Waals surface area (Å²) in [7, 11) is 0. The Bertz CT molecular complexity index is 687. The summed E-state index contributed by atoms with van der Waals surface area (Å²) in [6, 6.07) is 0. The fourth-order valence-corrected chi connectivity index (χ4v) is 4.20. The summed E-state index contributed by atoms with van der Waals surface area (Å²) in [4.78, 5) is 0. The minimum absolute atomic E-state index is 0. The Balaban J connectivity index is -0.0000000797. The fourth-order valence-electron chi connectivity index (χ4n) is 4.20. The van der Waals surface area contributed by atoms with Crippen LogP contribution in [0.2, 0.25) is 0 Å². The van der Waals surface area contributed by atoms with Crippen molar-refractivity contribution in [3.05, 3.63) is 0 Å². The molecule has 0 aromatic carbocycles. The molecule has 0 bridgehead atoms. The number of epoxide rings is 2. The summed E-state index contributed by atoms with van der Waals surface area (Å²) < 4.78 is 10.1. The van der Waals surface area contributed by atoms with Gasteiger partial charge in [-0.25, -0.2) is 0 Å². The number of ether oxygens (including phenoxy) is 2. The molecule has 0 aromatic rings. The summed E-state index contributed by atoms with van der Waals surface area (Å²) >= 11 is 0. The third kappa shape index (κ3) is 51.9. The van der Waals surface area contributed by atoms with Crippen molar-refractivity contribution in [2.45, 2.75) is 258 Å². The standard InChI is InChI=1S/4C5H12O2.2C4H4O.4C3H8O.2Al.2Co/c4*1-4(6)3-5(2)7;2*1-3-2-4(1,3)5-3;4*1-3(2)4;;;;/h4*4-7H,3H2,1-2H3;2*1-2H2;4*3-4H,1-2H3;;;;. The van der Waals surface area contributed by atoms with Crippen molar-refractivity contribution in [3.8, 4) is 0 Å². The second-order valence-corrected chi connectivity index (χ2v) is 17.0. The van der Waals surface area contributed by atoms with Crippen LogP contribution in [0.4, 0.5) is 0 Å². The molecule has 6 aliphatic rings. The van der Waals surface area contributed by atoms with Crippen LogP contribution >= 0.6 is 0 Å². The van der Waals surface area contributed by atoms with Crippen LogP contribution in [0.25, 0.3) is 0 Å². The molecule has 58 heavy (non-hydrogen) atoms. The fraction of sp³-hybridized carbons (Fsp3) is 1.00. The molecule has 2 heterocycles. The molecule has 6 rings (SSSR count). The van der Waals surface area contributed by atoms with E-state index in [0.29, 0.717) is 48.1 Å². The molecule has 8 unspecified atom stereocenters. The molecule has 2 saturated heterocycles. The van der Waals surface area contributed by atoms with Gasteiger partial charge in [0.1, 0.15) is 22.4 Å². The first-order valence-corrected chi connectivity index (χ1v) is 19.7. The summed E-state index contributed by atoms with van der Waals surface area (Å²) in [6.07, 6.45) is 3.83. The van der Waals surface area contributed by atoms with E-state index >= 15 is 0 Å². The Labute approximate surface area is 394 Å². The second-order valence-electron chi connectivity index (χ2n) is 17.0. The van der Waals surface area contributed by atoms with Crippen LogP contribution in [0, 0.1) is 0 Å². The topological polar surface area (TPSA) is 268 Å². The van der Waals surface area contributed by atoms with Gasteiger partial charge in [-0.1, -0.05) is 0 Å². The largest absolute Gasteiger partial charge is 0.394 e. The predicted molar refractivity (Wildman–Crippen MR) is 224 cm³/mol. The van der Waals surface area contributed by atoms with Gasteiger partial charge in [-0.15, -0.1) is 0 Å². The van der Waals surface area contributed by atoms with E-state index in [1.165, 1.54) is 25.7 Å². The van der Waals surface area contributed by atoms with Gasteiger partial charge in [0.2, 0.25) is 0 Å². The Morgan fingerprint density at radius 3 is 0.345 bits per heavy atom. The zero-order valence-corrected chi connectivity index (χ0v) is 43.0. The van der Waals surface area contributed by atoms with E-state index in [2.05, 4.69) is 0 Å². The summed E-state index contributed by atoms with van der Waals surface area (Å²) in [6.45, 7) is 27.1. The average Bonchev–Trinajstić information content (AvgIpc) is 3.59. The van der Waals surface area contributed by atoms with Crippen LogP contribution in [0.1, 0.15) is 162 Å². The molecular formula is C40H88Al2Co2O14. The van der Waals surface area contributed by atoms with Crippen LogP contribution in [0.5, 0.6) is 0 Å². The number of hydrogen-bond donors (Lipinski definition) is 12. The van der Waals surface area contributed by atoms with E-state index in [1.54, 1.807) is 111 Å². The number of aliphatic hydroxyl groups is 12. The van der Waals surface area contributed by atoms with Crippen LogP contribution in [0.3, 0.4) is 0 Å². The monoisotopic (exact) mass is 964 g/mol. The molecule has 4 saturated carbocycles. The zero-order chi connectivity index (χ0) is 44.0. The van der Waals surface area contributed by atoms with E-state index in [1.807, 2.05) is 0 Å². The Hall–Kier alpha value is 1.52. The van der Waals surface area contributed by atoms with Crippen molar-refractivity contribution in [2.75, 3.05) is 0 Å². The molecule has 356 valence electrons. The Morgan fingerprint density at radius 2 is 0.345 bits per heavy atom. The normalized spacial score (nSPS) is 27.3. The maximum Gasteiger partial charge on any atom is 0.104 e. The van der Waals surface area contributed by atoms with Crippen molar-refractivity contribution in [3.63, 3.8) is 0 Å². The molecule has 0 spiro atoms. The third-order valence-corrected chi connectivity index (χ3v) is 6.87. The molecule has 18 heteroatoms. The molecule has 14 nitrogen and oxygen atoms in total. The van der Waals surface area contributed by atoms with Gasteiger partial charge < -0.3 is 70.8 Å². The number of aliphatic hydroxyl groups excluding tert-OH is 12. The van der Waals surface area contributed by atoms with Gasteiger partial charge in [-0.2, -0.15) is 0 Å². The van der Waals surface area contributed by atoms with E-state index < -0.39 is 0 Å². The van der Waals surface area contributed by atoms with Gasteiger partial charge in [-0.05, 0) is 136 Å². The maximum atomic E-state index is 8.56. The number of hydrogen-bond acceptors (Lipinski definition) is 14. The van der Waals surface area contributed by atoms with E-state index in [0.717, 1.165) is 0 Å². The molecule has 4 aliphatic carbocycles. The second kappa shape index (κ2) is 37.8. The minimum atomic E-state index is -0.375. The molecular weight excluding hydrogens is 876 g/mol. The van der Waals surface area contributed by atoms with Crippen molar-refractivity contribution in [2.24, 2.45) is 0 Å². The minimum Gasteiger partial charge on any atom is -0.394 e. The van der Waals surface area contributed by atoms with Crippen LogP contribution in [-0.4, -0.2) is 192 Å². The van der Waals surface area contributed by atoms with Crippen molar-refractivity contribution in [1.29, 1.82) is 0 Å². The summed E-state index contributed by atoms with van der Waals surface area (Å²) in [5.41, 5.74) is 2.25. The van der Waals surface area contributed by atoms with Crippen LogP contribution in [-0.2, 0) is 43.0 Å². The molecule has 8 atom stereocenters. The Kier molecular flexibility index (Phi) is 50.1. The number of rotatable bonds is 8. The molecule has 0 amide bonds. The SMILES string of the molecule is C1C23CC12O3.C1C23CC12O3.CC(C)O.CC(C)O.CC(C)O.CC(C)O.CC(O)CC(C)O.CC(O)CC(C)O.CC(O)CC(C)O.CC(O)CC(C)O.[Al].[Al].[Co].[Co]. The van der Waals surface area contributed by atoms with Crippen molar-refractivity contribution >= 4 is 34.7 Å². The zero-order valence-electron chi connectivity index (χ0n) is 38.6. The van der Waals surface area contributed by atoms with Gasteiger partial charge in [0.05, 0.1) is 48.8 Å². The van der Waals surface area contributed by atoms with Gasteiger partial charge >= 0.3 is 0 Å².